The maximum Gasteiger partial charge on any atom is 0.172 e. The molecule has 5 heteroatoms. The van der Waals surface area contributed by atoms with Gasteiger partial charge in [0.05, 0.1) is 23.4 Å². The number of Topliss-reactive ketones (excluding diaryl/α,β-unsaturated/α-hetero) is 1. The third-order valence-electron chi connectivity index (χ3n) is 2.94. The van der Waals surface area contributed by atoms with Gasteiger partial charge in [-0.2, -0.15) is 10.2 Å². The van der Waals surface area contributed by atoms with Gasteiger partial charge in [-0.15, -0.1) is 0 Å². The van der Waals surface area contributed by atoms with Crippen LogP contribution in [0.25, 0.3) is 0 Å². The fourth-order valence-electron chi connectivity index (χ4n) is 2.15. The second kappa shape index (κ2) is 4.76. The van der Waals surface area contributed by atoms with E-state index in [9.17, 15) is 4.79 Å². The van der Waals surface area contributed by atoms with Crippen molar-refractivity contribution in [3.63, 3.8) is 0 Å². The zero-order valence-electron chi connectivity index (χ0n) is 11.3. The minimum Gasteiger partial charge on any atom is -0.294 e. The van der Waals surface area contributed by atoms with Crippen molar-refractivity contribution in [3.8, 4) is 0 Å². The smallest absolute Gasteiger partial charge is 0.172 e. The minimum atomic E-state index is 0.0928. The summed E-state index contributed by atoms with van der Waals surface area (Å²) < 4.78 is 3.55. The first-order valence-electron chi connectivity index (χ1n) is 6.08. The predicted molar refractivity (Wildman–Crippen MR) is 68.6 cm³/mol. The van der Waals surface area contributed by atoms with Crippen LogP contribution in [0.4, 0.5) is 0 Å². The van der Waals surface area contributed by atoms with Gasteiger partial charge in [-0.25, -0.2) is 0 Å². The summed E-state index contributed by atoms with van der Waals surface area (Å²) in [6.45, 7) is 6.60. The van der Waals surface area contributed by atoms with E-state index in [4.69, 9.17) is 0 Å². The van der Waals surface area contributed by atoms with Crippen molar-refractivity contribution in [1.82, 2.24) is 19.6 Å². The summed E-state index contributed by atoms with van der Waals surface area (Å²) in [4.78, 5) is 12.2. The van der Waals surface area contributed by atoms with Crippen molar-refractivity contribution >= 4 is 5.78 Å². The largest absolute Gasteiger partial charge is 0.294 e. The van der Waals surface area contributed by atoms with Crippen LogP contribution in [-0.2, 0) is 20.0 Å². The topological polar surface area (TPSA) is 52.7 Å². The predicted octanol–water partition coefficient (Wildman–Crippen LogP) is 1.68. The lowest BCUT2D eigenvalue weighted by Gasteiger charge is -2.03. The molecular formula is C13H18N4O. The van der Waals surface area contributed by atoms with E-state index >= 15 is 0 Å². The van der Waals surface area contributed by atoms with Gasteiger partial charge < -0.3 is 0 Å². The van der Waals surface area contributed by atoms with Crippen LogP contribution in [0.15, 0.2) is 12.3 Å². The lowest BCUT2D eigenvalue weighted by atomic mass is 10.1. The van der Waals surface area contributed by atoms with E-state index in [1.165, 1.54) is 0 Å². The first-order chi connectivity index (χ1) is 8.51. The second-order valence-corrected chi connectivity index (χ2v) is 4.49. The Morgan fingerprint density at radius 1 is 1.33 bits per heavy atom. The van der Waals surface area contributed by atoms with Crippen LogP contribution < -0.4 is 0 Å². The first-order valence-corrected chi connectivity index (χ1v) is 6.08. The first kappa shape index (κ1) is 12.5. The van der Waals surface area contributed by atoms with Gasteiger partial charge in [-0.1, -0.05) is 0 Å². The molecule has 0 spiro atoms. The molecule has 2 aromatic rings. The minimum absolute atomic E-state index is 0.0928. The van der Waals surface area contributed by atoms with Gasteiger partial charge in [0.15, 0.2) is 5.78 Å². The molecule has 0 saturated heterocycles. The molecule has 0 fully saturated rings. The molecule has 0 aliphatic carbocycles. The molecule has 0 saturated carbocycles. The quantitative estimate of drug-likeness (QED) is 0.771. The third-order valence-corrected chi connectivity index (χ3v) is 2.94. The number of carbonyl (C=O) groups is 1. The standard InChI is InChI=1S/C13H18N4O/c1-5-17-11(6-9(2)14-17)7-13(18)12-8-16(4)15-10(12)3/h6,8H,5,7H2,1-4H3. The summed E-state index contributed by atoms with van der Waals surface area (Å²) in [5, 5.41) is 8.54. The Bertz CT molecular complexity index is 580. The third kappa shape index (κ3) is 2.34. The van der Waals surface area contributed by atoms with Crippen LogP contribution >= 0.6 is 0 Å². The van der Waals surface area contributed by atoms with Crippen LogP contribution in [0.1, 0.15) is 34.4 Å². The van der Waals surface area contributed by atoms with E-state index < -0.39 is 0 Å². The zero-order valence-corrected chi connectivity index (χ0v) is 11.3. The molecule has 0 atom stereocenters. The van der Waals surface area contributed by atoms with Crippen LogP contribution in [-0.4, -0.2) is 25.3 Å². The highest BCUT2D eigenvalue weighted by atomic mass is 16.1. The maximum absolute atomic E-state index is 12.2. The number of aryl methyl sites for hydroxylation is 4. The van der Waals surface area contributed by atoms with Crippen LogP contribution in [0.2, 0.25) is 0 Å². The molecule has 0 unspecified atom stereocenters. The molecule has 0 aromatic carbocycles. The molecule has 0 amide bonds. The Hall–Kier alpha value is -1.91. The van der Waals surface area contributed by atoms with E-state index in [1.54, 1.807) is 10.9 Å². The number of aromatic nitrogens is 4. The SMILES string of the molecule is CCn1nc(C)cc1CC(=O)c1cn(C)nc1C. The fourth-order valence-corrected chi connectivity index (χ4v) is 2.15. The lowest BCUT2D eigenvalue weighted by molar-refractivity contribution is 0.0990. The van der Waals surface area contributed by atoms with Gasteiger partial charge >= 0.3 is 0 Å². The number of hydrogen-bond donors (Lipinski definition) is 0. The molecule has 5 nitrogen and oxygen atoms in total. The molecule has 0 N–H and O–H groups in total. The van der Waals surface area contributed by atoms with Crippen LogP contribution in [0, 0.1) is 13.8 Å². The molecular weight excluding hydrogens is 228 g/mol. The summed E-state index contributed by atoms with van der Waals surface area (Å²) in [6, 6.07) is 1.97. The molecule has 96 valence electrons. The molecule has 2 aromatic heterocycles. The lowest BCUT2D eigenvalue weighted by Crippen LogP contribution is -2.10. The van der Waals surface area contributed by atoms with Crippen LogP contribution in [0.5, 0.6) is 0 Å². The molecule has 2 rings (SSSR count). The van der Waals surface area contributed by atoms with E-state index in [0.29, 0.717) is 12.0 Å². The van der Waals surface area contributed by atoms with Gasteiger partial charge in [-0.05, 0) is 26.8 Å². The summed E-state index contributed by atoms with van der Waals surface area (Å²) in [5.41, 5.74) is 3.38. The number of ketones is 1. The van der Waals surface area contributed by atoms with E-state index in [-0.39, 0.29) is 5.78 Å². The Balaban J connectivity index is 2.23. The zero-order chi connectivity index (χ0) is 13.3. The molecule has 18 heavy (non-hydrogen) atoms. The van der Waals surface area contributed by atoms with Gasteiger partial charge in [0.1, 0.15) is 0 Å². The van der Waals surface area contributed by atoms with Crippen molar-refractivity contribution in [3.05, 3.63) is 34.9 Å². The van der Waals surface area contributed by atoms with Gasteiger partial charge in [0.2, 0.25) is 0 Å². The van der Waals surface area contributed by atoms with E-state index in [0.717, 1.165) is 23.6 Å². The fraction of sp³-hybridized carbons (Fsp3) is 0.462. The Morgan fingerprint density at radius 3 is 2.61 bits per heavy atom. The van der Waals surface area contributed by atoms with Crippen LogP contribution in [0.3, 0.4) is 0 Å². The average molecular weight is 246 g/mol. The highest BCUT2D eigenvalue weighted by Crippen LogP contribution is 2.12. The van der Waals surface area contributed by atoms with Gasteiger partial charge in [0.25, 0.3) is 0 Å². The van der Waals surface area contributed by atoms with Crippen molar-refractivity contribution in [2.75, 3.05) is 0 Å². The van der Waals surface area contributed by atoms with E-state index in [2.05, 4.69) is 10.2 Å². The van der Waals surface area contributed by atoms with Crippen molar-refractivity contribution < 1.29 is 4.79 Å². The second-order valence-electron chi connectivity index (χ2n) is 4.49. The summed E-state index contributed by atoms with van der Waals surface area (Å²) >= 11 is 0. The number of carbonyl (C=O) groups excluding carboxylic acids is 1. The normalized spacial score (nSPS) is 10.9. The Kier molecular flexibility index (Phi) is 3.32. The Labute approximate surface area is 106 Å². The molecule has 0 aliphatic heterocycles. The monoisotopic (exact) mass is 246 g/mol. The van der Waals surface area contributed by atoms with Crippen molar-refractivity contribution in [1.29, 1.82) is 0 Å². The molecule has 0 aliphatic rings. The molecule has 0 bridgehead atoms. The Morgan fingerprint density at radius 2 is 2.06 bits per heavy atom. The number of nitrogens with zero attached hydrogens (tertiary/aromatic N) is 4. The number of rotatable bonds is 4. The average Bonchev–Trinajstić information content (AvgIpc) is 2.81. The van der Waals surface area contributed by atoms with Gasteiger partial charge in [-0.3, -0.25) is 14.2 Å². The van der Waals surface area contributed by atoms with Gasteiger partial charge in [0, 0.05) is 25.5 Å². The highest BCUT2D eigenvalue weighted by Gasteiger charge is 2.15. The van der Waals surface area contributed by atoms with E-state index in [1.807, 2.05) is 38.6 Å². The van der Waals surface area contributed by atoms with Crippen molar-refractivity contribution in [2.24, 2.45) is 7.05 Å². The summed E-state index contributed by atoms with van der Waals surface area (Å²) in [6.07, 6.45) is 2.15. The maximum atomic E-state index is 12.2. The number of hydrogen-bond acceptors (Lipinski definition) is 3. The highest BCUT2D eigenvalue weighted by molar-refractivity contribution is 5.98. The summed E-state index contributed by atoms with van der Waals surface area (Å²) in [7, 11) is 1.82. The summed E-state index contributed by atoms with van der Waals surface area (Å²) in [5.74, 6) is 0.0928. The molecule has 2 heterocycles. The van der Waals surface area contributed by atoms with Crippen molar-refractivity contribution in [2.45, 2.75) is 33.7 Å². The molecule has 0 radical (unpaired) electrons.